The Labute approximate surface area is 128 Å². The summed E-state index contributed by atoms with van der Waals surface area (Å²) in [5, 5.41) is 6.28. The maximum atomic E-state index is 11.7. The second-order valence-corrected chi connectivity index (χ2v) is 6.32. The second-order valence-electron chi connectivity index (χ2n) is 6.32. The molecule has 1 unspecified atom stereocenters. The van der Waals surface area contributed by atoms with E-state index < -0.39 is 5.60 Å². The van der Waals surface area contributed by atoms with E-state index in [1.165, 1.54) is 19.4 Å². The highest BCUT2D eigenvalue weighted by Crippen LogP contribution is 2.15. The Morgan fingerprint density at radius 3 is 2.67 bits per heavy atom. The zero-order valence-electron chi connectivity index (χ0n) is 14.0. The minimum Gasteiger partial charge on any atom is -0.459 e. The van der Waals surface area contributed by atoms with E-state index in [9.17, 15) is 4.79 Å². The molecule has 0 saturated carbocycles. The van der Waals surface area contributed by atoms with Crippen LogP contribution in [0.5, 0.6) is 0 Å². The second kappa shape index (κ2) is 8.22. The summed E-state index contributed by atoms with van der Waals surface area (Å²) in [6, 6.07) is 0.551. The van der Waals surface area contributed by atoms with E-state index in [1.807, 2.05) is 20.8 Å². The molecule has 21 heavy (non-hydrogen) atoms. The quantitative estimate of drug-likeness (QED) is 0.450. The molecule has 0 spiro atoms. The Morgan fingerprint density at radius 1 is 1.38 bits per heavy atom. The summed E-state index contributed by atoms with van der Waals surface area (Å²) in [6.45, 7) is 11.0. The SMILES string of the molecule is CCN1CCCC1CNC(=NC)NCC(=O)OC(C)(C)C. The molecule has 0 bridgehead atoms. The van der Waals surface area contributed by atoms with E-state index in [0.29, 0.717) is 12.0 Å². The summed E-state index contributed by atoms with van der Waals surface area (Å²) >= 11 is 0. The highest BCUT2D eigenvalue weighted by atomic mass is 16.6. The van der Waals surface area contributed by atoms with E-state index in [4.69, 9.17) is 4.74 Å². The average molecular weight is 298 g/mol. The van der Waals surface area contributed by atoms with Crippen LogP contribution in [-0.2, 0) is 9.53 Å². The maximum absolute atomic E-state index is 11.7. The van der Waals surface area contributed by atoms with E-state index in [1.54, 1.807) is 7.05 Å². The minimum absolute atomic E-state index is 0.124. The average Bonchev–Trinajstić information content (AvgIpc) is 2.84. The van der Waals surface area contributed by atoms with Crippen LogP contribution in [0.3, 0.4) is 0 Å². The lowest BCUT2D eigenvalue weighted by Crippen LogP contribution is -2.46. The van der Waals surface area contributed by atoms with Crippen LogP contribution in [0.15, 0.2) is 4.99 Å². The first-order valence-electron chi connectivity index (χ1n) is 7.76. The number of hydrogen-bond donors (Lipinski definition) is 2. The molecule has 122 valence electrons. The molecule has 0 radical (unpaired) electrons. The summed E-state index contributed by atoms with van der Waals surface area (Å²) in [5.74, 6) is 0.366. The fraction of sp³-hybridized carbons (Fsp3) is 0.867. The maximum Gasteiger partial charge on any atom is 0.325 e. The molecule has 1 heterocycles. The fourth-order valence-corrected chi connectivity index (χ4v) is 2.51. The number of aliphatic imine (C=N–C) groups is 1. The Kier molecular flexibility index (Phi) is 6.95. The number of likely N-dealkylation sites (tertiary alicyclic amines) is 1. The Hall–Kier alpha value is -1.30. The highest BCUT2D eigenvalue weighted by molar-refractivity contribution is 5.84. The largest absolute Gasteiger partial charge is 0.459 e. The van der Waals surface area contributed by atoms with Crippen molar-refractivity contribution in [2.24, 2.45) is 4.99 Å². The topological polar surface area (TPSA) is 66.0 Å². The third kappa shape index (κ3) is 6.80. The number of likely N-dealkylation sites (N-methyl/N-ethyl adjacent to an activating group) is 1. The van der Waals surface area contributed by atoms with Gasteiger partial charge in [0.1, 0.15) is 12.1 Å². The normalized spacial score (nSPS) is 20.4. The number of hydrogen-bond acceptors (Lipinski definition) is 4. The number of rotatable bonds is 5. The summed E-state index contributed by atoms with van der Waals surface area (Å²) in [4.78, 5) is 18.3. The van der Waals surface area contributed by atoms with Gasteiger partial charge in [0.15, 0.2) is 5.96 Å². The summed E-state index contributed by atoms with van der Waals surface area (Å²) in [6.07, 6.45) is 2.47. The molecule has 1 atom stereocenters. The van der Waals surface area contributed by atoms with Crippen LogP contribution < -0.4 is 10.6 Å². The number of nitrogens with zero attached hydrogens (tertiary/aromatic N) is 2. The number of carbonyl (C=O) groups is 1. The van der Waals surface area contributed by atoms with Gasteiger partial charge in [0, 0.05) is 19.6 Å². The number of esters is 1. The molecule has 0 aliphatic carbocycles. The van der Waals surface area contributed by atoms with Crippen molar-refractivity contribution in [2.45, 2.75) is 52.2 Å². The van der Waals surface area contributed by atoms with Gasteiger partial charge in [-0.05, 0) is 46.7 Å². The lowest BCUT2D eigenvalue weighted by molar-refractivity contribution is -0.153. The van der Waals surface area contributed by atoms with E-state index in [-0.39, 0.29) is 12.5 Å². The van der Waals surface area contributed by atoms with Gasteiger partial charge in [0.2, 0.25) is 0 Å². The number of nitrogens with one attached hydrogen (secondary N) is 2. The lowest BCUT2D eigenvalue weighted by Gasteiger charge is -2.24. The lowest BCUT2D eigenvalue weighted by atomic mass is 10.2. The van der Waals surface area contributed by atoms with Crippen molar-refractivity contribution in [3.05, 3.63) is 0 Å². The summed E-state index contributed by atoms with van der Waals surface area (Å²) in [5.41, 5.74) is -0.457. The van der Waals surface area contributed by atoms with Crippen LogP contribution in [0.1, 0.15) is 40.5 Å². The Bertz CT molecular complexity index is 363. The van der Waals surface area contributed by atoms with E-state index in [0.717, 1.165) is 13.1 Å². The molecule has 1 rings (SSSR count). The van der Waals surface area contributed by atoms with Gasteiger partial charge in [-0.3, -0.25) is 14.7 Å². The molecule has 1 aliphatic rings. The molecule has 1 saturated heterocycles. The van der Waals surface area contributed by atoms with Crippen LogP contribution in [0.4, 0.5) is 0 Å². The van der Waals surface area contributed by atoms with E-state index in [2.05, 4.69) is 27.4 Å². The van der Waals surface area contributed by atoms with Crippen LogP contribution in [0.2, 0.25) is 0 Å². The zero-order chi connectivity index (χ0) is 15.9. The monoisotopic (exact) mass is 298 g/mol. The van der Waals surface area contributed by atoms with Gasteiger partial charge < -0.3 is 15.4 Å². The van der Waals surface area contributed by atoms with E-state index >= 15 is 0 Å². The zero-order valence-corrected chi connectivity index (χ0v) is 14.0. The van der Waals surface area contributed by atoms with Crippen molar-refractivity contribution >= 4 is 11.9 Å². The molecule has 6 heteroatoms. The minimum atomic E-state index is -0.457. The van der Waals surface area contributed by atoms with Crippen LogP contribution in [-0.4, -0.2) is 61.7 Å². The first kappa shape index (κ1) is 17.8. The fourth-order valence-electron chi connectivity index (χ4n) is 2.51. The van der Waals surface area contributed by atoms with Crippen LogP contribution in [0, 0.1) is 0 Å². The standard InChI is InChI=1S/C15H30N4O2/c1-6-19-9-7-8-12(19)10-17-14(16-5)18-11-13(20)21-15(2,3)4/h12H,6-11H2,1-5H3,(H2,16,17,18). The van der Waals surface area contributed by atoms with Crippen LogP contribution >= 0.6 is 0 Å². The van der Waals surface area contributed by atoms with Gasteiger partial charge in [-0.25, -0.2) is 0 Å². The molecule has 0 aromatic carbocycles. The molecule has 0 amide bonds. The van der Waals surface area contributed by atoms with Gasteiger partial charge in [-0.15, -0.1) is 0 Å². The molecule has 6 nitrogen and oxygen atoms in total. The van der Waals surface area contributed by atoms with Gasteiger partial charge in [0.25, 0.3) is 0 Å². The van der Waals surface area contributed by atoms with Gasteiger partial charge >= 0.3 is 5.97 Å². The van der Waals surface area contributed by atoms with Gasteiger partial charge in [-0.1, -0.05) is 6.92 Å². The van der Waals surface area contributed by atoms with Crippen molar-refractivity contribution in [2.75, 3.05) is 33.2 Å². The third-order valence-electron chi connectivity index (χ3n) is 3.45. The van der Waals surface area contributed by atoms with Gasteiger partial charge in [-0.2, -0.15) is 0 Å². The smallest absolute Gasteiger partial charge is 0.325 e. The summed E-state index contributed by atoms with van der Waals surface area (Å²) < 4.78 is 5.25. The predicted molar refractivity (Wildman–Crippen MR) is 85.5 cm³/mol. The predicted octanol–water partition coefficient (Wildman–Crippen LogP) is 0.977. The van der Waals surface area contributed by atoms with Crippen molar-refractivity contribution < 1.29 is 9.53 Å². The van der Waals surface area contributed by atoms with Gasteiger partial charge in [0.05, 0.1) is 0 Å². The number of ether oxygens (including phenoxy) is 1. The molecule has 0 aromatic rings. The number of carbonyl (C=O) groups excluding carboxylic acids is 1. The number of guanidine groups is 1. The first-order chi connectivity index (χ1) is 9.85. The van der Waals surface area contributed by atoms with Crippen LogP contribution in [0.25, 0.3) is 0 Å². The van der Waals surface area contributed by atoms with Crippen molar-refractivity contribution in [1.29, 1.82) is 0 Å². The molecule has 1 aliphatic heterocycles. The summed E-state index contributed by atoms with van der Waals surface area (Å²) in [7, 11) is 1.71. The molecule has 0 aromatic heterocycles. The molecular formula is C15H30N4O2. The van der Waals surface area contributed by atoms with Crippen molar-refractivity contribution in [3.63, 3.8) is 0 Å². The molecule has 2 N–H and O–H groups in total. The first-order valence-corrected chi connectivity index (χ1v) is 7.76. The van der Waals surface area contributed by atoms with Crippen molar-refractivity contribution in [1.82, 2.24) is 15.5 Å². The van der Waals surface area contributed by atoms with Crippen molar-refractivity contribution in [3.8, 4) is 0 Å². The highest BCUT2D eigenvalue weighted by Gasteiger charge is 2.23. The molecule has 1 fully saturated rings. The Balaban J connectivity index is 2.31. The third-order valence-corrected chi connectivity index (χ3v) is 3.45. The Morgan fingerprint density at radius 2 is 2.10 bits per heavy atom. The molecular weight excluding hydrogens is 268 g/mol.